The van der Waals surface area contributed by atoms with Gasteiger partial charge in [0.1, 0.15) is 5.82 Å². The van der Waals surface area contributed by atoms with Gasteiger partial charge < -0.3 is 9.72 Å². The molecule has 1 aliphatic heterocycles. The Kier molecular flexibility index (Phi) is 6.80. The Hall–Kier alpha value is -1.98. The standard InChI is InChI=1S/C22H31N3O2/c1-4-12-27-18-9-7-11-25(15-18)14-17-8-5-6-10-19(17)22-23-20(16(2)3)13-21(26)24-22/h5-6,8,10,13,16,18H,4,7,9,11-12,14-15H2,1-3H3,(H,23,24,26). The van der Waals surface area contributed by atoms with E-state index >= 15 is 0 Å². The lowest BCUT2D eigenvalue weighted by atomic mass is 10.0. The van der Waals surface area contributed by atoms with Crippen molar-refractivity contribution in [1.82, 2.24) is 14.9 Å². The van der Waals surface area contributed by atoms with Gasteiger partial charge in [0.2, 0.25) is 0 Å². The number of hydrogen-bond donors (Lipinski definition) is 1. The highest BCUT2D eigenvalue weighted by molar-refractivity contribution is 5.60. The van der Waals surface area contributed by atoms with Crippen LogP contribution in [0.3, 0.4) is 0 Å². The zero-order valence-electron chi connectivity index (χ0n) is 16.7. The van der Waals surface area contributed by atoms with Gasteiger partial charge in [-0.2, -0.15) is 0 Å². The molecule has 0 radical (unpaired) electrons. The van der Waals surface area contributed by atoms with Crippen LogP contribution in [-0.4, -0.2) is 40.7 Å². The van der Waals surface area contributed by atoms with Gasteiger partial charge in [-0.15, -0.1) is 0 Å². The van der Waals surface area contributed by atoms with Crippen molar-refractivity contribution in [3.8, 4) is 11.4 Å². The fourth-order valence-electron chi connectivity index (χ4n) is 3.61. The predicted octanol–water partition coefficient (Wildman–Crippen LogP) is 3.95. The molecule has 1 unspecified atom stereocenters. The molecule has 0 amide bonds. The molecule has 0 spiro atoms. The molecule has 2 heterocycles. The van der Waals surface area contributed by atoms with E-state index in [1.807, 2.05) is 12.1 Å². The van der Waals surface area contributed by atoms with E-state index in [4.69, 9.17) is 9.72 Å². The topological polar surface area (TPSA) is 58.2 Å². The number of likely N-dealkylation sites (tertiary alicyclic amines) is 1. The van der Waals surface area contributed by atoms with Crippen molar-refractivity contribution in [3.05, 3.63) is 51.9 Å². The molecule has 1 aromatic carbocycles. The van der Waals surface area contributed by atoms with Gasteiger partial charge in [-0.1, -0.05) is 45.0 Å². The molecule has 1 aromatic heterocycles. The van der Waals surface area contributed by atoms with Gasteiger partial charge in [0.15, 0.2) is 0 Å². The third-order valence-corrected chi connectivity index (χ3v) is 5.04. The van der Waals surface area contributed by atoms with Crippen LogP contribution in [0, 0.1) is 0 Å². The summed E-state index contributed by atoms with van der Waals surface area (Å²) in [5.41, 5.74) is 2.94. The molecule has 5 heteroatoms. The zero-order chi connectivity index (χ0) is 19.2. The minimum atomic E-state index is -0.0931. The molecule has 1 fully saturated rings. The molecule has 5 nitrogen and oxygen atoms in total. The molecule has 0 saturated carbocycles. The first-order chi connectivity index (χ1) is 13.1. The van der Waals surface area contributed by atoms with Crippen LogP contribution in [0.2, 0.25) is 0 Å². The molecule has 1 atom stereocenters. The monoisotopic (exact) mass is 369 g/mol. The molecule has 146 valence electrons. The second kappa shape index (κ2) is 9.29. The van der Waals surface area contributed by atoms with Crippen LogP contribution >= 0.6 is 0 Å². The van der Waals surface area contributed by atoms with Crippen molar-refractivity contribution in [2.24, 2.45) is 0 Å². The second-order valence-electron chi connectivity index (χ2n) is 7.70. The van der Waals surface area contributed by atoms with E-state index in [1.54, 1.807) is 6.07 Å². The fraction of sp³-hybridized carbons (Fsp3) is 0.545. The molecule has 1 saturated heterocycles. The van der Waals surface area contributed by atoms with Gasteiger partial charge in [0, 0.05) is 31.3 Å². The summed E-state index contributed by atoms with van der Waals surface area (Å²) in [4.78, 5) is 22.2. The van der Waals surface area contributed by atoms with E-state index in [9.17, 15) is 4.79 Å². The van der Waals surface area contributed by atoms with Crippen molar-refractivity contribution >= 4 is 0 Å². The lowest BCUT2D eigenvalue weighted by molar-refractivity contribution is -0.00219. The third-order valence-electron chi connectivity index (χ3n) is 5.04. The number of aromatic nitrogens is 2. The minimum Gasteiger partial charge on any atom is -0.377 e. The average molecular weight is 370 g/mol. The number of H-pyrrole nitrogens is 1. The van der Waals surface area contributed by atoms with Crippen LogP contribution in [0.4, 0.5) is 0 Å². The van der Waals surface area contributed by atoms with Gasteiger partial charge in [0.05, 0.1) is 11.8 Å². The maximum atomic E-state index is 12.1. The molecule has 0 aliphatic carbocycles. The lowest BCUT2D eigenvalue weighted by Crippen LogP contribution is -2.39. The molecule has 1 aliphatic rings. The average Bonchev–Trinajstić information content (AvgIpc) is 2.66. The van der Waals surface area contributed by atoms with Crippen LogP contribution < -0.4 is 5.56 Å². The highest BCUT2D eigenvalue weighted by Crippen LogP contribution is 2.24. The first-order valence-corrected chi connectivity index (χ1v) is 10.1. The van der Waals surface area contributed by atoms with E-state index in [1.165, 1.54) is 5.56 Å². The van der Waals surface area contributed by atoms with Gasteiger partial charge in [0.25, 0.3) is 5.56 Å². The highest BCUT2D eigenvalue weighted by atomic mass is 16.5. The Morgan fingerprint density at radius 1 is 1.33 bits per heavy atom. The molecule has 27 heavy (non-hydrogen) atoms. The smallest absolute Gasteiger partial charge is 0.251 e. The summed E-state index contributed by atoms with van der Waals surface area (Å²) in [6, 6.07) is 9.83. The summed E-state index contributed by atoms with van der Waals surface area (Å²) in [6.45, 7) is 9.99. The number of piperidine rings is 1. The van der Waals surface area contributed by atoms with Crippen LogP contribution in [0.25, 0.3) is 11.4 Å². The molecule has 3 rings (SSSR count). The second-order valence-corrected chi connectivity index (χ2v) is 7.70. The summed E-state index contributed by atoms with van der Waals surface area (Å²) in [6.07, 6.45) is 3.69. The fourth-order valence-corrected chi connectivity index (χ4v) is 3.61. The Morgan fingerprint density at radius 3 is 2.93 bits per heavy atom. The van der Waals surface area contributed by atoms with Crippen LogP contribution in [-0.2, 0) is 11.3 Å². The number of aromatic amines is 1. The summed E-state index contributed by atoms with van der Waals surface area (Å²) in [5, 5.41) is 0. The Bertz CT molecular complexity index is 800. The Morgan fingerprint density at radius 2 is 2.15 bits per heavy atom. The lowest BCUT2D eigenvalue weighted by Gasteiger charge is -2.33. The quantitative estimate of drug-likeness (QED) is 0.803. The van der Waals surface area contributed by atoms with E-state index < -0.39 is 0 Å². The summed E-state index contributed by atoms with van der Waals surface area (Å²) in [5.74, 6) is 0.884. The number of rotatable bonds is 7. The molecule has 2 aromatic rings. The van der Waals surface area contributed by atoms with Gasteiger partial charge in [-0.25, -0.2) is 4.98 Å². The maximum Gasteiger partial charge on any atom is 0.251 e. The SMILES string of the molecule is CCCOC1CCCN(Cc2ccccc2-c2nc(C(C)C)cc(=O)[nH]2)C1. The third kappa shape index (κ3) is 5.27. The normalized spacial score (nSPS) is 18.1. The first kappa shape index (κ1) is 19.8. The summed E-state index contributed by atoms with van der Waals surface area (Å²) >= 11 is 0. The Balaban J connectivity index is 1.81. The van der Waals surface area contributed by atoms with Crippen molar-refractivity contribution < 1.29 is 4.74 Å². The van der Waals surface area contributed by atoms with E-state index in [0.717, 1.165) is 56.8 Å². The molecular weight excluding hydrogens is 338 g/mol. The number of ether oxygens (including phenoxy) is 1. The Labute approximate surface area is 161 Å². The molecule has 1 N–H and O–H groups in total. The van der Waals surface area contributed by atoms with Crippen molar-refractivity contribution in [3.63, 3.8) is 0 Å². The molecule has 0 bridgehead atoms. The van der Waals surface area contributed by atoms with Crippen molar-refractivity contribution in [2.75, 3.05) is 19.7 Å². The van der Waals surface area contributed by atoms with Gasteiger partial charge in [-0.05, 0) is 37.3 Å². The van der Waals surface area contributed by atoms with Crippen LogP contribution in [0.5, 0.6) is 0 Å². The van der Waals surface area contributed by atoms with Crippen LogP contribution in [0.1, 0.15) is 57.2 Å². The van der Waals surface area contributed by atoms with Gasteiger partial charge >= 0.3 is 0 Å². The number of nitrogens with one attached hydrogen (secondary N) is 1. The van der Waals surface area contributed by atoms with E-state index in [2.05, 4.69) is 42.8 Å². The summed E-state index contributed by atoms with van der Waals surface area (Å²) in [7, 11) is 0. The molecular formula is C22H31N3O2. The van der Waals surface area contributed by atoms with E-state index in [-0.39, 0.29) is 11.5 Å². The van der Waals surface area contributed by atoms with Crippen molar-refractivity contribution in [2.45, 2.75) is 58.6 Å². The first-order valence-electron chi connectivity index (χ1n) is 10.1. The zero-order valence-corrected chi connectivity index (χ0v) is 16.7. The predicted molar refractivity (Wildman–Crippen MR) is 109 cm³/mol. The number of benzene rings is 1. The maximum absolute atomic E-state index is 12.1. The van der Waals surface area contributed by atoms with Gasteiger partial charge in [-0.3, -0.25) is 9.69 Å². The number of nitrogens with zero attached hydrogens (tertiary/aromatic N) is 2. The van der Waals surface area contributed by atoms with Crippen molar-refractivity contribution in [1.29, 1.82) is 0 Å². The van der Waals surface area contributed by atoms with E-state index in [0.29, 0.717) is 11.9 Å². The largest absolute Gasteiger partial charge is 0.377 e. The minimum absolute atomic E-state index is 0.0931. The highest BCUT2D eigenvalue weighted by Gasteiger charge is 2.21. The number of hydrogen-bond acceptors (Lipinski definition) is 4. The summed E-state index contributed by atoms with van der Waals surface area (Å²) < 4.78 is 5.97. The van der Waals surface area contributed by atoms with Crippen LogP contribution in [0.15, 0.2) is 35.1 Å².